The second kappa shape index (κ2) is 76.8. The third-order valence-corrected chi connectivity index (χ3v) is 18.1. The Morgan fingerprint density at radius 1 is 0.282 bits per heavy atom. The van der Waals surface area contributed by atoms with Crippen molar-refractivity contribution in [1.29, 1.82) is 0 Å². The van der Waals surface area contributed by atoms with Crippen molar-refractivity contribution in [3.8, 4) is 0 Å². The highest BCUT2D eigenvalue weighted by Crippen LogP contribution is 2.45. The number of carbonyl (C=O) groups excluding carboxylic acids is 3. The molecule has 103 heavy (non-hydrogen) atoms. The molecule has 5 unspecified atom stereocenters. The minimum Gasteiger partial charge on any atom is -0.463 e. The molecule has 0 aliphatic rings. The molecule has 0 rings (SSSR count). The lowest BCUT2D eigenvalue weighted by Gasteiger charge is -2.21. The van der Waals surface area contributed by atoms with E-state index in [1.54, 1.807) is 0 Å². The number of phosphoric acid groups is 2. The van der Waals surface area contributed by atoms with Crippen LogP contribution in [0.4, 0.5) is 0 Å². The van der Waals surface area contributed by atoms with Crippen LogP contribution in [0.1, 0.15) is 303 Å². The largest absolute Gasteiger partial charge is 0.472 e. The maximum atomic E-state index is 13.0. The molecule has 588 valence electrons. The van der Waals surface area contributed by atoms with E-state index in [4.69, 9.17) is 32.3 Å². The summed E-state index contributed by atoms with van der Waals surface area (Å²) in [4.78, 5) is 58.7. The molecule has 0 amide bonds. The molecule has 0 aliphatic heterocycles. The number of phosphoric ester groups is 2. The second-order valence-electron chi connectivity index (χ2n) is 26.1. The van der Waals surface area contributed by atoms with Gasteiger partial charge in [-0.2, -0.15) is 0 Å². The molecule has 0 saturated carbocycles. The number of carbonyl (C=O) groups is 3. The van der Waals surface area contributed by atoms with Gasteiger partial charge in [0.25, 0.3) is 0 Å². The Bertz CT molecular complexity index is 2500. The van der Waals surface area contributed by atoms with Gasteiger partial charge < -0.3 is 34.2 Å². The molecular formula is C85H142O16P2. The molecule has 16 nitrogen and oxygen atoms in total. The summed E-state index contributed by atoms with van der Waals surface area (Å²) in [6, 6.07) is 0. The zero-order valence-corrected chi connectivity index (χ0v) is 66.0. The minimum absolute atomic E-state index is 0.0824. The minimum atomic E-state index is -4.95. The molecule has 0 aromatic carbocycles. The van der Waals surface area contributed by atoms with E-state index >= 15 is 0 Å². The van der Waals surface area contributed by atoms with Crippen LogP contribution in [0.15, 0.2) is 158 Å². The van der Waals surface area contributed by atoms with Gasteiger partial charge in [0.2, 0.25) is 0 Å². The van der Waals surface area contributed by atoms with Gasteiger partial charge in [0, 0.05) is 19.3 Å². The maximum absolute atomic E-state index is 13.0. The summed E-state index contributed by atoms with van der Waals surface area (Å²) in [7, 11) is -9.81. The summed E-state index contributed by atoms with van der Waals surface area (Å²) in [5, 5.41) is 20.7. The lowest BCUT2D eigenvalue weighted by molar-refractivity contribution is -0.161. The molecule has 0 heterocycles. The van der Waals surface area contributed by atoms with Crippen LogP contribution in [0.3, 0.4) is 0 Å². The van der Waals surface area contributed by atoms with Crippen molar-refractivity contribution in [3.05, 3.63) is 158 Å². The maximum Gasteiger partial charge on any atom is 0.472 e. The number of esters is 3. The number of rotatable bonds is 74. The lowest BCUT2D eigenvalue weighted by Crippen LogP contribution is -2.30. The monoisotopic (exact) mass is 1480 g/mol. The molecule has 18 heteroatoms. The average Bonchev–Trinajstić information content (AvgIpc) is 0.922. The third-order valence-electron chi connectivity index (χ3n) is 16.2. The Morgan fingerprint density at radius 2 is 0.515 bits per heavy atom. The molecule has 0 radical (unpaired) electrons. The molecule has 0 aliphatic carbocycles. The van der Waals surface area contributed by atoms with Crippen LogP contribution in [0.2, 0.25) is 0 Å². The van der Waals surface area contributed by atoms with Crippen molar-refractivity contribution in [2.24, 2.45) is 0 Å². The fourth-order valence-electron chi connectivity index (χ4n) is 10.2. The fourth-order valence-corrected chi connectivity index (χ4v) is 11.8. The van der Waals surface area contributed by atoms with Crippen molar-refractivity contribution in [2.45, 2.75) is 322 Å². The van der Waals surface area contributed by atoms with E-state index in [0.29, 0.717) is 19.3 Å². The van der Waals surface area contributed by atoms with Crippen molar-refractivity contribution in [3.63, 3.8) is 0 Å². The van der Waals surface area contributed by atoms with E-state index < -0.39 is 91.5 Å². The highest BCUT2D eigenvalue weighted by Gasteiger charge is 2.29. The molecule has 4 N–H and O–H groups in total. The van der Waals surface area contributed by atoms with Gasteiger partial charge in [-0.15, -0.1) is 0 Å². The van der Waals surface area contributed by atoms with Crippen LogP contribution in [0.5, 0.6) is 0 Å². The Hall–Kier alpha value is -4.83. The van der Waals surface area contributed by atoms with Gasteiger partial charge in [-0.1, -0.05) is 294 Å². The van der Waals surface area contributed by atoms with Crippen LogP contribution >= 0.6 is 15.6 Å². The Balaban J connectivity index is 4.69. The summed E-state index contributed by atoms with van der Waals surface area (Å²) < 4.78 is 61.2. The topological polar surface area (TPSA) is 231 Å². The molecule has 0 aromatic heterocycles. The highest BCUT2D eigenvalue weighted by atomic mass is 31.2. The molecular weight excluding hydrogens is 1340 g/mol. The fraction of sp³-hybridized carbons (Fsp3) is 0.659. The summed E-state index contributed by atoms with van der Waals surface area (Å²) in [5.74, 6) is -1.61. The molecule has 0 fully saturated rings. The number of ether oxygens (including phenoxy) is 3. The Labute approximate surface area is 625 Å². The van der Waals surface area contributed by atoms with E-state index in [-0.39, 0.29) is 19.3 Å². The lowest BCUT2D eigenvalue weighted by atomic mass is 10.1. The van der Waals surface area contributed by atoms with Gasteiger partial charge in [-0.3, -0.25) is 32.5 Å². The predicted octanol–water partition coefficient (Wildman–Crippen LogP) is 23.4. The van der Waals surface area contributed by atoms with Gasteiger partial charge in [0.1, 0.15) is 25.4 Å². The van der Waals surface area contributed by atoms with Gasteiger partial charge >= 0.3 is 33.6 Å². The van der Waals surface area contributed by atoms with E-state index in [9.17, 15) is 43.5 Å². The smallest absolute Gasteiger partial charge is 0.463 e. The first-order chi connectivity index (χ1) is 50.2. The summed E-state index contributed by atoms with van der Waals surface area (Å²) in [5.41, 5.74) is 0. The predicted molar refractivity (Wildman–Crippen MR) is 426 cm³/mol. The molecule has 0 saturated heterocycles. The number of hydrogen-bond donors (Lipinski definition) is 4. The summed E-state index contributed by atoms with van der Waals surface area (Å²) in [6.07, 6.45) is 95.5. The van der Waals surface area contributed by atoms with E-state index in [1.165, 1.54) is 44.9 Å². The first-order valence-corrected chi connectivity index (χ1v) is 42.8. The molecule has 0 bridgehead atoms. The number of allylic oxidation sites excluding steroid dienone is 26. The molecule has 5 atom stereocenters. The van der Waals surface area contributed by atoms with Crippen LogP contribution in [-0.2, 0) is 55.8 Å². The first kappa shape index (κ1) is 98.2. The SMILES string of the molecule is CC/C=C\C/C=C\C/C=C\C/C=C\C/C=C\CCCCCCCCCCCC(=O)OCC(O)COP(=O)(O)OCC(O)COP(=O)(O)OCC(COC(=O)CCCCCCCCC/C=C\C/C=C\C/C=C\C/C=C\C/C=C\CC)OC(=O)CCCCCCCC/C=C\C/C=C\C/C=C\CCCCC. The first-order valence-electron chi connectivity index (χ1n) is 39.8. The van der Waals surface area contributed by atoms with Crippen LogP contribution in [0.25, 0.3) is 0 Å². The van der Waals surface area contributed by atoms with Gasteiger partial charge in [0.15, 0.2) is 6.10 Å². The zero-order chi connectivity index (χ0) is 75.2. The van der Waals surface area contributed by atoms with Gasteiger partial charge in [-0.25, -0.2) is 9.13 Å². The number of aliphatic hydroxyl groups is 2. The van der Waals surface area contributed by atoms with Crippen molar-refractivity contribution >= 4 is 33.6 Å². The summed E-state index contributed by atoms with van der Waals surface area (Å²) >= 11 is 0. The van der Waals surface area contributed by atoms with Crippen LogP contribution in [-0.4, -0.2) is 95.9 Å². The van der Waals surface area contributed by atoms with Crippen LogP contribution in [0, 0.1) is 0 Å². The highest BCUT2D eigenvalue weighted by molar-refractivity contribution is 7.47. The van der Waals surface area contributed by atoms with Gasteiger partial charge in [0.05, 0.1) is 26.4 Å². The number of aliphatic hydroxyl groups excluding tert-OH is 2. The number of unbranched alkanes of at least 4 members (excludes halogenated alkanes) is 25. The average molecular weight is 1480 g/mol. The van der Waals surface area contributed by atoms with Crippen molar-refractivity contribution in [1.82, 2.24) is 0 Å². The van der Waals surface area contributed by atoms with Crippen molar-refractivity contribution in [2.75, 3.05) is 39.6 Å². The zero-order valence-electron chi connectivity index (χ0n) is 64.2. The second-order valence-corrected chi connectivity index (χ2v) is 29.0. The third kappa shape index (κ3) is 78.1. The standard InChI is InChI=1S/C85H142O16P2/c1-4-7-10-13-16-19-22-25-28-31-34-36-38-39-41-43-45-47-50-53-56-59-62-65-68-71-83(88)95-74-80(86)75-97-102(91,92)98-76-81(87)77-99-103(93,94)100-79-82(101-85(90)73-70-67-64-61-58-55-52-49-44-33-30-27-24-21-18-15-12-9-6-3)78-96-84(89)72-69-66-63-60-57-54-51-48-46-42-40-37-35-32-29-26-23-20-17-14-11-8-5-2/h7-8,10-11,16-21,25-30,34-37,39,41-42,44,46,49,80-82,86-87H,4-6,9,12-15,22-24,31-33,38,40,43,45,47-48,50-79H2,1-3H3,(H,91,92)(H,93,94)/b10-7-,11-8-,19-16-,20-17-,21-18-,28-25-,29-26-,30-27-,36-34-,37-35-,41-39-,46-42-,49-44-. The Kier molecular flexibility index (Phi) is 73.2. The summed E-state index contributed by atoms with van der Waals surface area (Å²) in [6.45, 7) is 2.39. The molecule has 0 aromatic rings. The van der Waals surface area contributed by atoms with E-state index in [0.717, 1.165) is 199 Å². The number of hydrogen-bond acceptors (Lipinski definition) is 14. The van der Waals surface area contributed by atoms with Crippen LogP contribution < -0.4 is 0 Å². The Morgan fingerprint density at radius 3 is 0.816 bits per heavy atom. The van der Waals surface area contributed by atoms with Gasteiger partial charge in [-0.05, 0) is 148 Å². The molecule has 0 spiro atoms. The van der Waals surface area contributed by atoms with Crippen molar-refractivity contribution < 1.29 is 75.8 Å². The quantitative estimate of drug-likeness (QED) is 0.0146. The van der Waals surface area contributed by atoms with E-state index in [1.807, 2.05) is 0 Å². The van der Waals surface area contributed by atoms with E-state index in [2.05, 4.69) is 179 Å². The normalized spacial score (nSPS) is 14.8.